The maximum absolute atomic E-state index is 13.3. The summed E-state index contributed by atoms with van der Waals surface area (Å²) in [5, 5.41) is 2.67. The molecule has 1 aliphatic rings. The van der Waals surface area contributed by atoms with Crippen molar-refractivity contribution in [1.29, 1.82) is 0 Å². The van der Waals surface area contributed by atoms with Crippen LogP contribution in [0.5, 0.6) is 0 Å². The van der Waals surface area contributed by atoms with Crippen molar-refractivity contribution in [3.63, 3.8) is 0 Å². The van der Waals surface area contributed by atoms with Crippen LogP contribution in [0.3, 0.4) is 0 Å². The Kier molecular flexibility index (Phi) is 8.59. The van der Waals surface area contributed by atoms with Crippen molar-refractivity contribution in [2.45, 2.75) is 96.9 Å². The van der Waals surface area contributed by atoms with E-state index in [2.05, 4.69) is 10.0 Å². The molecular weight excluding hydrogens is 456 g/mol. The van der Waals surface area contributed by atoms with E-state index in [1.54, 1.807) is 45.0 Å². The largest absolute Gasteiger partial charge is 0.413 e. The first-order chi connectivity index (χ1) is 15.5. The highest BCUT2D eigenvalue weighted by Gasteiger charge is 2.44. The van der Waals surface area contributed by atoms with Gasteiger partial charge in [0.1, 0.15) is 6.04 Å². The number of carbonyl (C=O) groups is 2. The third-order valence-corrected chi connectivity index (χ3v) is 7.01. The number of benzene rings is 1. The number of rotatable bonds is 8. The van der Waals surface area contributed by atoms with Crippen LogP contribution >= 0.6 is 0 Å². The fourth-order valence-corrected chi connectivity index (χ4v) is 4.67. The summed E-state index contributed by atoms with van der Waals surface area (Å²) in [6.45, 7) is 15.4. The predicted octanol–water partition coefficient (Wildman–Crippen LogP) is 3.85. The van der Waals surface area contributed by atoms with Gasteiger partial charge < -0.3 is 9.47 Å². The Labute approximate surface area is 204 Å². The van der Waals surface area contributed by atoms with Crippen LogP contribution < -0.4 is 10.0 Å². The van der Waals surface area contributed by atoms with E-state index in [-0.39, 0.29) is 29.1 Å². The van der Waals surface area contributed by atoms with Crippen molar-refractivity contribution in [2.24, 2.45) is 11.3 Å². The van der Waals surface area contributed by atoms with Crippen LogP contribution in [-0.2, 0) is 34.5 Å². The molecule has 1 heterocycles. The summed E-state index contributed by atoms with van der Waals surface area (Å²) in [6, 6.07) is 5.57. The molecule has 1 saturated heterocycles. The Bertz CT molecular complexity index is 966. The number of hydrogen-bond donors (Lipinski definition) is 2. The Balaban J connectivity index is 2.25. The number of nitrogens with one attached hydrogen (secondary N) is 2. The fraction of sp³-hybridized carbons (Fsp3) is 0.680. The van der Waals surface area contributed by atoms with Gasteiger partial charge in [0.25, 0.3) is 5.91 Å². The average Bonchev–Trinajstić information content (AvgIpc) is 3.13. The molecule has 2 atom stereocenters. The summed E-state index contributed by atoms with van der Waals surface area (Å²) < 4.78 is 40.0. The summed E-state index contributed by atoms with van der Waals surface area (Å²) in [7, 11) is -3.97. The maximum atomic E-state index is 13.3. The van der Waals surface area contributed by atoms with E-state index >= 15 is 0 Å². The van der Waals surface area contributed by atoms with Crippen molar-refractivity contribution >= 4 is 21.9 Å². The first-order valence-electron chi connectivity index (χ1n) is 11.8. The SMILES string of the molecule is CC(C)C[C@H](NS(=O)(=O)c1ccc(C(C)(C)C)cc1)C(=O)NC1(OC(=O)C(C)(C)C)CCCO1. The van der Waals surface area contributed by atoms with Crippen LogP contribution in [0.4, 0.5) is 0 Å². The molecule has 9 heteroatoms. The van der Waals surface area contributed by atoms with Gasteiger partial charge in [-0.2, -0.15) is 4.72 Å². The van der Waals surface area contributed by atoms with E-state index in [0.717, 1.165) is 5.56 Å². The molecule has 1 fully saturated rings. The quantitative estimate of drug-likeness (QED) is 0.418. The second-order valence-corrected chi connectivity index (χ2v) is 13.1. The topological polar surface area (TPSA) is 111 Å². The van der Waals surface area contributed by atoms with Gasteiger partial charge in [0, 0.05) is 6.42 Å². The third kappa shape index (κ3) is 7.52. The van der Waals surface area contributed by atoms with Crippen molar-refractivity contribution < 1.29 is 27.5 Å². The first-order valence-corrected chi connectivity index (χ1v) is 13.3. The van der Waals surface area contributed by atoms with Gasteiger partial charge in [0.15, 0.2) is 0 Å². The highest BCUT2D eigenvalue weighted by atomic mass is 32.2. The van der Waals surface area contributed by atoms with E-state index in [0.29, 0.717) is 13.0 Å². The monoisotopic (exact) mass is 496 g/mol. The number of ether oxygens (including phenoxy) is 2. The molecule has 0 radical (unpaired) electrons. The van der Waals surface area contributed by atoms with Crippen LogP contribution in [0, 0.1) is 11.3 Å². The Morgan fingerprint density at radius 2 is 1.68 bits per heavy atom. The van der Waals surface area contributed by atoms with Crippen molar-refractivity contribution in [1.82, 2.24) is 10.0 Å². The molecule has 0 bridgehead atoms. The number of esters is 1. The summed E-state index contributed by atoms with van der Waals surface area (Å²) in [5.74, 6) is -2.70. The second-order valence-electron chi connectivity index (χ2n) is 11.4. The lowest BCUT2D eigenvalue weighted by molar-refractivity contribution is -0.233. The first kappa shape index (κ1) is 28.3. The van der Waals surface area contributed by atoms with Crippen molar-refractivity contribution in [3.8, 4) is 0 Å². The van der Waals surface area contributed by atoms with E-state index in [1.165, 1.54) is 0 Å². The Morgan fingerprint density at radius 3 is 2.12 bits per heavy atom. The average molecular weight is 497 g/mol. The molecule has 34 heavy (non-hydrogen) atoms. The van der Waals surface area contributed by atoms with Gasteiger partial charge in [0.05, 0.1) is 16.9 Å². The minimum absolute atomic E-state index is 0.0271. The van der Waals surface area contributed by atoms with Crippen LogP contribution in [-0.4, -0.2) is 38.9 Å². The summed E-state index contributed by atoms with van der Waals surface area (Å²) in [4.78, 5) is 25.8. The zero-order valence-corrected chi connectivity index (χ0v) is 22.5. The third-order valence-electron chi connectivity index (χ3n) is 5.52. The minimum Gasteiger partial charge on any atom is -0.413 e. The molecule has 0 spiro atoms. The second kappa shape index (κ2) is 10.3. The Hall–Kier alpha value is -1.97. The number of sulfonamides is 1. The molecule has 2 rings (SSSR count). The van der Waals surface area contributed by atoms with E-state index in [9.17, 15) is 18.0 Å². The van der Waals surface area contributed by atoms with E-state index < -0.39 is 39.3 Å². The molecular formula is C25H40N2O6S. The molecule has 1 unspecified atom stereocenters. The molecule has 1 amide bonds. The van der Waals surface area contributed by atoms with Crippen molar-refractivity contribution in [3.05, 3.63) is 29.8 Å². The maximum Gasteiger partial charge on any atom is 0.315 e. The molecule has 1 aromatic rings. The zero-order valence-electron chi connectivity index (χ0n) is 21.7. The van der Waals surface area contributed by atoms with E-state index in [4.69, 9.17) is 9.47 Å². The normalized spacial score (nSPS) is 20.3. The van der Waals surface area contributed by atoms with Gasteiger partial charge in [-0.05, 0) is 62.6 Å². The number of amides is 1. The van der Waals surface area contributed by atoms with Crippen molar-refractivity contribution in [2.75, 3.05) is 6.61 Å². The lowest BCUT2D eigenvalue weighted by atomic mass is 9.87. The van der Waals surface area contributed by atoms with Gasteiger partial charge in [-0.15, -0.1) is 0 Å². The standard InChI is InChI=1S/C25H40N2O6S/c1-17(2)16-20(27-34(30,31)19-12-10-18(11-13-19)23(3,4)5)21(28)26-25(14-9-15-32-25)33-22(29)24(6,7)8/h10-13,17,20,27H,9,14-16H2,1-8H3,(H,26,28)/t20-,25?/m0/s1. The van der Waals surface area contributed by atoms with Gasteiger partial charge >= 0.3 is 5.97 Å². The van der Waals surface area contributed by atoms with Crippen LogP contribution in [0.15, 0.2) is 29.2 Å². The molecule has 1 aliphatic heterocycles. The Morgan fingerprint density at radius 1 is 1.09 bits per heavy atom. The lowest BCUT2D eigenvalue weighted by Gasteiger charge is -2.33. The number of hydrogen-bond acceptors (Lipinski definition) is 6. The lowest BCUT2D eigenvalue weighted by Crippen LogP contribution is -2.58. The van der Waals surface area contributed by atoms with Crippen LogP contribution in [0.1, 0.15) is 80.2 Å². The van der Waals surface area contributed by atoms with Crippen LogP contribution in [0.25, 0.3) is 0 Å². The van der Waals surface area contributed by atoms with Crippen LogP contribution in [0.2, 0.25) is 0 Å². The van der Waals surface area contributed by atoms with Gasteiger partial charge in [0.2, 0.25) is 15.9 Å². The highest BCUT2D eigenvalue weighted by molar-refractivity contribution is 7.89. The molecule has 1 aromatic carbocycles. The molecule has 0 aromatic heterocycles. The molecule has 0 saturated carbocycles. The molecule has 192 valence electrons. The summed E-state index contributed by atoms with van der Waals surface area (Å²) in [5.41, 5.74) is 0.0986. The van der Waals surface area contributed by atoms with Gasteiger partial charge in [-0.25, -0.2) is 8.42 Å². The number of carbonyl (C=O) groups excluding carboxylic acids is 2. The zero-order chi connectivity index (χ0) is 25.9. The highest BCUT2D eigenvalue weighted by Crippen LogP contribution is 2.29. The van der Waals surface area contributed by atoms with E-state index in [1.807, 2.05) is 34.6 Å². The summed E-state index contributed by atoms with van der Waals surface area (Å²) >= 11 is 0. The fourth-order valence-electron chi connectivity index (χ4n) is 3.47. The predicted molar refractivity (Wildman–Crippen MR) is 130 cm³/mol. The van der Waals surface area contributed by atoms with Gasteiger partial charge in [-0.3, -0.25) is 14.9 Å². The molecule has 8 nitrogen and oxygen atoms in total. The minimum atomic E-state index is -3.97. The molecule has 2 N–H and O–H groups in total. The molecule has 0 aliphatic carbocycles. The smallest absolute Gasteiger partial charge is 0.315 e. The van der Waals surface area contributed by atoms with Gasteiger partial charge in [-0.1, -0.05) is 46.8 Å². The summed E-state index contributed by atoms with van der Waals surface area (Å²) in [6.07, 6.45) is 1.14.